The number of anilines is 1. The summed E-state index contributed by atoms with van der Waals surface area (Å²) in [4.78, 5) is 22.3. The molecule has 0 fully saturated rings. The molecule has 31 heavy (non-hydrogen) atoms. The third-order valence-corrected chi connectivity index (χ3v) is 5.85. The fraction of sp³-hybridized carbons (Fsp3) is 0.375. The summed E-state index contributed by atoms with van der Waals surface area (Å²) in [6.45, 7) is 6.40. The van der Waals surface area contributed by atoms with E-state index in [9.17, 15) is 4.79 Å². The van der Waals surface area contributed by atoms with E-state index in [0.29, 0.717) is 35.3 Å². The van der Waals surface area contributed by atoms with Crippen molar-refractivity contribution in [3.63, 3.8) is 0 Å². The third-order valence-electron chi connectivity index (χ3n) is 5.85. The van der Waals surface area contributed by atoms with Gasteiger partial charge in [-0.15, -0.1) is 0 Å². The van der Waals surface area contributed by atoms with Crippen molar-refractivity contribution < 1.29 is 9.47 Å². The molecular weight excluding hydrogens is 392 g/mol. The molecule has 1 N–H and O–H groups in total. The minimum atomic E-state index is -0.178. The Morgan fingerprint density at radius 2 is 1.90 bits per heavy atom. The van der Waals surface area contributed by atoms with Gasteiger partial charge in [-0.05, 0) is 38.0 Å². The van der Waals surface area contributed by atoms with E-state index >= 15 is 0 Å². The highest BCUT2D eigenvalue weighted by atomic mass is 16.5. The standard InChI is InChI=1S/C24H28N4O3/c1-6-31-19-13-16-9-7-8-10-18(16)21(19)27-23-15(3)26-22(24(29)28(23)4)17-11-12-20(30-5)25-14(17)2/h7-12,19,21,27H,6,13H2,1-5H3/t19-,21+/m0/s1. The van der Waals surface area contributed by atoms with Crippen molar-refractivity contribution in [1.82, 2.24) is 14.5 Å². The molecule has 1 aliphatic rings. The second-order valence-corrected chi connectivity index (χ2v) is 7.76. The molecule has 7 heteroatoms. The number of benzene rings is 1. The van der Waals surface area contributed by atoms with E-state index in [0.717, 1.165) is 12.1 Å². The Morgan fingerprint density at radius 3 is 2.61 bits per heavy atom. The average Bonchev–Trinajstić information content (AvgIpc) is 3.11. The second kappa shape index (κ2) is 8.51. The van der Waals surface area contributed by atoms with Crippen LogP contribution in [0.3, 0.4) is 0 Å². The van der Waals surface area contributed by atoms with Gasteiger partial charge in [0.2, 0.25) is 5.88 Å². The number of ether oxygens (including phenoxy) is 2. The van der Waals surface area contributed by atoms with Crippen LogP contribution in [0.1, 0.15) is 35.5 Å². The molecule has 0 unspecified atom stereocenters. The smallest absolute Gasteiger partial charge is 0.278 e. The van der Waals surface area contributed by atoms with Crippen molar-refractivity contribution >= 4 is 5.82 Å². The molecule has 0 saturated heterocycles. The summed E-state index contributed by atoms with van der Waals surface area (Å²) in [5.41, 5.74) is 4.82. The van der Waals surface area contributed by atoms with Gasteiger partial charge in [0.1, 0.15) is 11.5 Å². The van der Waals surface area contributed by atoms with Crippen LogP contribution >= 0.6 is 0 Å². The topological polar surface area (TPSA) is 78.3 Å². The molecule has 3 aromatic rings. The summed E-state index contributed by atoms with van der Waals surface area (Å²) in [6.07, 6.45) is 0.848. The van der Waals surface area contributed by atoms with Gasteiger partial charge >= 0.3 is 0 Å². The van der Waals surface area contributed by atoms with Crippen LogP contribution in [0.15, 0.2) is 41.2 Å². The van der Waals surface area contributed by atoms with Crippen LogP contribution in [-0.4, -0.2) is 34.4 Å². The van der Waals surface area contributed by atoms with Gasteiger partial charge in [0, 0.05) is 31.7 Å². The fourth-order valence-corrected chi connectivity index (χ4v) is 4.30. The highest BCUT2D eigenvalue weighted by Crippen LogP contribution is 2.36. The first-order valence-electron chi connectivity index (χ1n) is 10.5. The number of pyridine rings is 1. The highest BCUT2D eigenvalue weighted by Gasteiger charge is 2.33. The maximum absolute atomic E-state index is 13.2. The first-order chi connectivity index (χ1) is 14.9. The van der Waals surface area contributed by atoms with Crippen molar-refractivity contribution in [2.75, 3.05) is 19.0 Å². The van der Waals surface area contributed by atoms with Crippen molar-refractivity contribution in [3.8, 4) is 17.1 Å². The van der Waals surface area contributed by atoms with Gasteiger partial charge in [-0.25, -0.2) is 9.97 Å². The molecule has 0 radical (unpaired) electrons. The van der Waals surface area contributed by atoms with E-state index in [1.807, 2.05) is 39.0 Å². The Morgan fingerprint density at radius 1 is 1.13 bits per heavy atom. The molecule has 0 amide bonds. The lowest BCUT2D eigenvalue weighted by Gasteiger charge is -2.25. The quantitative estimate of drug-likeness (QED) is 0.657. The molecule has 0 bridgehead atoms. The lowest BCUT2D eigenvalue weighted by molar-refractivity contribution is 0.0572. The van der Waals surface area contributed by atoms with Crippen LogP contribution in [0.4, 0.5) is 5.82 Å². The van der Waals surface area contributed by atoms with Crippen LogP contribution in [0, 0.1) is 13.8 Å². The van der Waals surface area contributed by atoms with Crippen LogP contribution in [0.2, 0.25) is 0 Å². The van der Waals surface area contributed by atoms with Crippen molar-refractivity contribution in [3.05, 3.63) is 69.3 Å². The molecule has 1 aliphatic carbocycles. The number of nitrogens with one attached hydrogen (secondary N) is 1. The van der Waals surface area contributed by atoms with E-state index in [1.165, 1.54) is 11.1 Å². The van der Waals surface area contributed by atoms with E-state index < -0.39 is 0 Å². The highest BCUT2D eigenvalue weighted by molar-refractivity contribution is 5.63. The number of aryl methyl sites for hydroxylation is 2. The molecular formula is C24H28N4O3. The van der Waals surface area contributed by atoms with Crippen LogP contribution in [0.5, 0.6) is 5.88 Å². The van der Waals surface area contributed by atoms with Crippen molar-refractivity contribution in [2.45, 2.75) is 39.3 Å². The van der Waals surface area contributed by atoms with Gasteiger partial charge in [-0.3, -0.25) is 9.36 Å². The SMILES string of the molecule is CCO[C@H]1Cc2ccccc2[C@H]1Nc1c(C)nc(-c2ccc(OC)nc2C)c(=O)n1C. The van der Waals surface area contributed by atoms with Gasteiger partial charge in [0.15, 0.2) is 0 Å². The maximum atomic E-state index is 13.2. The Hall–Kier alpha value is -3.19. The first-order valence-corrected chi connectivity index (χ1v) is 10.5. The summed E-state index contributed by atoms with van der Waals surface area (Å²) in [7, 11) is 3.34. The summed E-state index contributed by atoms with van der Waals surface area (Å²) in [5, 5.41) is 3.56. The number of rotatable bonds is 6. The zero-order valence-corrected chi connectivity index (χ0v) is 18.6. The van der Waals surface area contributed by atoms with E-state index in [4.69, 9.17) is 9.47 Å². The zero-order valence-electron chi connectivity index (χ0n) is 18.6. The molecule has 0 spiro atoms. The number of methoxy groups -OCH3 is 1. The number of hydrogen-bond donors (Lipinski definition) is 1. The molecule has 2 atom stereocenters. The first kappa shape index (κ1) is 21.1. The van der Waals surface area contributed by atoms with Gasteiger partial charge in [0.05, 0.1) is 30.6 Å². The van der Waals surface area contributed by atoms with Crippen LogP contribution in [-0.2, 0) is 18.2 Å². The van der Waals surface area contributed by atoms with E-state index in [2.05, 4.69) is 27.4 Å². The Balaban J connectivity index is 1.74. The van der Waals surface area contributed by atoms with Gasteiger partial charge in [-0.2, -0.15) is 0 Å². The van der Waals surface area contributed by atoms with Gasteiger partial charge in [0.25, 0.3) is 5.56 Å². The Kier molecular flexibility index (Phi) is 5.78. The minimum Gasteiger partial charge on any atom is -0.481 e. The monoisotopic (exact) mass is 420 g/mol. The van der Waals surface area contributed by atoms with Gasteiger partial charge in [-0.1, -0.05) is 24.3 Å². The lowest BCUT2D eigenvalue weighted by atomic mass is 10.1. The predicted octanol–water partition coefficient (Wildman–Crippen LogP) is 3.58. The summed E-state index contributed by atoms with van der Waals surface area (Å²) < 4.78 is 12.8. The molecule has 7 nitrogen and oxygen atoms in total. The molecule has 0 saturated carbocycles. The average molecular weight is 421 g/mol. The van der Waals surface area contributed by atoms with Crippen molar-refractivity contribution in [2.24, 2.45) is 7.05 Å². The summed E-state index contributed by atoms with van der Waals surface area (Å²) in [6, 6.07) is 11.9. The molecule has 2 heterocycles. The fourth-order valence-electron chi connectivity index (χ4n) is 4.30. The van der Waals surface area contributed by atoms with E-state index in [-0.39, 0.29) is 17.7 Å². The zero-order chi connectivity index (χ0) is 22.1. The summed E-state index contributed by atoms with van der Waals surface area (Å²) in [5.74, 6) is 1.20. The van der Waals surface area contributed by atoms with E-state index in [1.54, 1.807) is 24.8 Å². The molecule has 1 aromatic carbocycles. The van der Waals surface area contributed by atoms with Crippen LogP contribution in [0.25, 0.3) is 11.3 Å². The normalized spacial score (nSPS) is 17.5. The van der Waals surface area contributed by atoms with Crippen molar-refractivity contribution in [1.29, 1.82) is 0 Å². The summed E-state index contributed by atoms with van der Waals surface area (Å²) >= 11 is 0. The number of aromatic nitrogens is 3. The Bertz CT molecular complexity index is 1170. The Labute approximate surface area is 182 Å². The minimum absolute atomic E-state index is 0.00427. The number of hydrogen-bond acceptors (Lipinski definition) is 6. The molecule has 2 aromatic heterocycles. The molecule has 162 valence electrons. The molecule has 0 aliphatic heterocycles. The largest absolute Gasteiger partial charge is 0.481 e. The third kappa shape index (κ3) is 3.81. The number of fused-ring (bicyclic) bond motifs is 1. The number of nitrogens with zero attached hydrogens (tertiary/aromatic N) is 3. The maximum Gasteiger partial charge on any atom is 0.278 e. The van der Waals surface area contributed by atoms with Gasteiger partial charge < -0.3 is 14.8 Å². The lowest BCUT2D eigenvalue weighted by Crippen LogP contribution is -2.30. The predicted molar refractivity (Wildman–Crippen MR) is 121 cm³/mol. The second-order valence-electron chi connectivity index (χ2n) is 7.76. The molecule has 4 rings (SSSR count). The van der Waals surface area contributed by atoms with Crippen LogP contribution < -0.4 is 15.6 Å².